The van der Waals surface area contributed by atoms with Gasteiger partial charge in [-0.05, 0) is 30.5 Å². The number of amides is 1. The fraction of sp³-hybridized carbons (Fsp3) is 0.440. The summed E-state index contributed by atoms with van der Waals surface area (Å²) >= 11 is 0. The molecule has 0 spiro atoms. The van der Waals surface area contributed by atoms with Crippen molar-refractivity contribution in [3.63, 3.8) is 0 Å². The summed E-state index contributed by atoms with van der Waals surface area (Å²) in [7, 11) is 1.69. The van der Waals surface area contributed by atoms with Gasteiger partial charge in [-0.3, -0.25) is 9.79 Å². The number of benzene rings is 2. The average Bonchev–Trinajstić information content (AvgIpc) is 2.85. The van der Waals surface area contributed by atoms with Crippen molar-refractivity contribution < 1.29 is 14.3 Å². The SMILES string of the molecule is CCNC(=NCC(C(=O)N1CCOCC1)c1ccccc1)NCCc1ccccc1OC.I. The summed E-state index contributed by atoms with van der Waals surface area (Å²) < 4.78 is 10.8. The molecule has 1 aliphatic rings. The number of nitrogens with zero attached hydrogens (tertiary/aromatic N) is 2. The van der Waals surface area contributed by atoms with Gasteiger partial charge in [-0.2, -0.15) is 0 Å². The van der Waals surface area contributed by atoms with E-state index in [2.05, 4.69) is 16.7 Å². The molecular weight excluding hydrogens is 531 g/mol. The third-order valence-corrected chi connectivity index (χ3v) is 5.48. The van der Waals surface area contributed by atoms with E-state index in [1.807, 2.05) is 60.4 Å². The van der Waals surface area contributed by atoms with Crippen LogP contribution in [0.1, 0.15) is 24.0 Å². The Labute approximate surface area is 214 Å². The molecule has 1 atom stereocenters. The van der Waals surface area contributed by atoms with Crippen molar-refractivity contribution in [1.82, 2.24) is 15.5 Å². The van der Waals surface area contributed by atoms with Gasteiger partial charge in [0, 0.05) is 26.2 Å². The first-order valence-electron chi connectivity index (χ1n) is 11.3. The van der Waals surface area contributed by atoms with Crippen LogP contribution in [-0.4, -0.2) is 69.8 Å². The summed E-state index contributed by atoms with van der Waals surface area (Å²) in [5, 5.41) is 6.67. The lowest BCUT2D eigenvalue weighted by Gasteiger charge is -2.30. The van der Waals surface area contributed by atoms with E-state index in [-0.39, 0.29) is 35.8 Å². The maximum atomic E-state index is 13.3. The predicted octanol–water partition coefficient (Wildman–Crippen LogP) is 3.05. The van der Waals surface area contributed by atoms with Crippen LogP contribution in [-0.2, 0) is 16.0 Å². The van der Waals surface area contributed by atoms with Crippen LogP contribution in [0.5, 0.6) is 5.75 Å². The van der Waals surface area contributed by atoms with Crippen molar-refractivity contribution in [2.75, 3.05) is 53.0 Å². The van der Waals surface area contributed by atoms with Crippen LogP contribution in [0.4, 0.5) is 0 Å². The normalized spacial score (nSPS) is 14.7. The van der Waals surface area contributed by atoms with Gasteiger partial charge in [-0.1, -0.05) is 48.5 Å². The number of hydrogen-bond donors (Lipinski definition) is 2. The number of carbonyl (C=O) groups excluding carboxylic acids is 1. The number of methoxy groups -OCH3 is 1. The molecule has 3 rings (SSSR count). The van der Waals surface area contributed by atoms with Crippen molar-refractivity contribution in [3.8, 4) is 5.75 Å². The summed E-state index contributed by atoms with van der Waals surface area (Å²) in [4.78, 5) is 19.9. The third kappa shape index (κ3) is 8.19. The molecule has 0 bridgehead atoms. The summed E-state index contributed by atoms with van der Waals surface area (Å²) in [6.07, 6.45) is 0.809. The smallest absolute Gasteiger partial charge is 0.232 e. The number of hydrogen-bond acceptors (Lipinski definition) is 4. The lowest BCUT2D eigenvalue weighted by Crippen LogP contribution is -2.44. The Kier molecular flexibility index (Phi) is 12.0. The molecule has 1 saturated heterocycles. The number of nitrogens with one attached hydrogen (secondary N) is 2. The average molecular weight is 566 g/mol. The molecule has 1 unspecified atom stereocenters. The number of guanidine groups is 1. The second-order valence-corrected chi connectivity index (χ2v) is 7.61. The molecule has 1 amide bonds. The zero-order chi connectivity index (χ0) is 22.6. The minimum Gasteiger partial charge on any atom is -0.496 e. The first-order chi connectivity index (χ1) is 15.7. The molecule has 0 aromatic heterocycles. The minimum absolute atomic E-state index is 0. The number of para-hydroxylation sites is 1. The molecule has 33 heavy (non-hydrogen) atoms. The van der Waals surface area contributed by atoms with Gasteiger partial charge in [0.05, 0.1) is 32.8 Å². The molecule has 8 heteroatoms. The highest BCUT2D eigenvalue weighted by Gasteiger charge is 2.27. The predicted molar refractivity (Wildman–Crippen MR) is 143 cm³/mol. The van der Waals surface area contributed by atoms with Crippen molar-refractivity contribution in [3.05, 3.63) is 65.7 Å². The van der Waals surface area contributed by atoms with E-state index in [1.165, 1.54) is 0 Å². The van der Waals surface area contributed by atoms with Crippen molar-refractivity contribution >= 4 is 35.8 Å². The first-order valence-corrected chi connectivity index (χ1v) is 11.3. The lowest BCUT2D eigenvalue weighted by atomic mass is 9.97. The monoisotopic (exact) mass is 566 g/mol. The highest BCUT2D eigenvalue weighted by molar-refractivity contribution is 14.0. The molecule has 7 nitrogen and oxygen atoms in total. The molecular formula is C25H35IN4O3. The Morgan fingerprint density at radius 1 is 1.09 bits per heavy atom. The lowest BCUT2D eigenvalue weighted by molar-refractivity contribution is -0.136. The Hall–Kier alpha value is -2.33. The molecule has 180 valence electrons. The number of ether oxygens (including phenoxy) is 2. The van der Waals surface area contributed by atoms with Crippen molar-refractivity contribution in [2.24, 2.45) is 4.99 Å². The van der Waals surface area contributed by atoms with Gasteiger partial charge in [-0.15, -0.1) is 24.0 Å². The molecule has 0 aliphatic carbocycles. The van der Waals surface area contributed by atoms with Gasteiger partial charge in [0.25, 0.3) is 0 Å². The molecule has 1 fully saturated rings. The Morgan fingerprint density at radius 2 is 1.79 bits per heavy atom. The van der Waals surface area contributed by atoms with Crippen LogP contribution in [0.25, 0.3) is 0 Å². The molecule has 0 saturated carbocycles. The molecule has 2 aromatic carbocycles. The summed E-state index contributed by atoms with van der Waals surface area (Å²) in [5.74, 6) is 1.38. The van der Waals surface area contributed by atoms with E-state index in [0.29, 0.717) is 45.4 Å². The number of halogens is 1. The van der Waals surface area contributed by atoms with Crippen LogP contribution >= 0.6 is 24.0 Å². The van der Waals surface area contributed by atoms with Crippen LogP contribution in [0, 0.1) is 0 Å². The van der Waals surface area contributed by atoms with E-state index < -0.39 is 0 Å². The number of rotatable bonds is 9. The Balaban J connectivity index is 0.00000385. The van der Waals surface area contributed by atoms with Crippen molar-refractivity contribution in [2.45, 2.75) is 19.3 Å². The molecule has 2 aromatic rings. The summed E-state index contributed by atoms with van der Waals surface area (Å²) in [6.45, 7) is 6.29. The summed E-state index contributed by atoms with van der Waals surface area (Å²) in [6, 6.07) is 17.9. The largest absolute Gasteiger partial charge is 0.496 e. The van der Waals surface area contributed by atoms with E-state index in [1.54, 1.807) is 7.11 Å². The fourth-order valence-corrected chi connectivity index (χ4v) is 3.76. The van der Waals surface area contributed by atoms with Gasteiger partial charge in [0.2, 0.25) is 5.91 Å². The van der Waals surface area contributed by atoms with Crippen LogP contribution in [0.2, 0.25) is 0 Å². The van der Waals surface area contributed by atoms with Crippen LogP contribution in [0.3, 0.4) is 0 Å². The third-order valence-electron chi connectivity index (χ3n) is 5.48. The second kappa shape index (κ2) is 14.7. The highest BCUT2D eigenvalue weighted by atomic mass is 127. The minimum atomic E-state index is -0.320. The maximum Gasteiger partial charge on any atom is 0.232 e. The van der Waals surface area contributed by atoms with E-state index in [9.17, 15) is 4.79 Å². The maximum absolute atomic E-state index is 13.3. The molecule has 1 aliphatic heterocycles. The highest BCUT2D eigenvalue weighted by Crippen LogP contribution is 2.20. The van der Waals surface area contributed by atoms with E-state index >= 15 is 0 Å². The quantitative estimate of drug-likeness (QED) is 0.278. The van der Waals surface area contributed by atoms with Gasteiger partial charge < -0.3 is 25.0 Å². The van der Waals surface area contributed by atoms with Crippen molar-refractivity contribution in [1.29, 1.82) is 0 Å². The Morgan fingerprint density at radius 3 is 2.48 bits per heavy atom. The fourth-order valence-electron chi connectivity index (χ4n) is 3.76. The van der Waals surface area contributed by atoms with Gasteiger partial charge >= 0.3 is 0 Å². The van der Waals surface area contributed by atoms with Gasteiger partial charge in [0.1, 0.15) is 5.75 Å². The van der Waals surface area contributed by atoms with E-state index in [0.717, 1.165) is 29.8 Å². The number of carbonyl (C=O) groups is 1. The van der Waals surface area contributed by atoms with E-state index in [4.69, 9.17) is 14.5 Å². The molecule has 0 radical (unpaired) electrons. The number of morpholine rings is 1. The standard InChI is InChI=1S/C25H34N4O3.HI/c1-3-26-25(27-14-13-21-11-7-8-12-23(21)31-2)28-19-22(20-9-5-4-6-10-20)24(30)29-15-17-32-18-16-29;/h4-12,22H,3,13-19H2,1-2H3,(H2,26,27,28);1H. The summed E-state index contributed by atoms with van der Waals surface area (Å²) in [5.41, 5.74) is 2.13. The molecule has 2 N–H and O–H groups in total. The van der Waals surface area contributed by atoms with Gasteiger partial charge in [-0.25, -0.2) is 0 Å². The zero-order valence-corrected chi connectivity index (χ0v) is 21.8. The van der Waals surface area contributed by atoms with Crippen LogP contribution in [0.15, 0.2) is 59.6 Å². The topological polar surface area (TPSA) is 75.2 Å². The first kappa shape index (κ1) is 26.9. The van der Waals surface area contributed by atoms with Gasteiger partial charge in [0.15, 0.2) is 5.96 Å². The Bertz CT molecular complexity index is 873. The second-order valence-electron chi connectivity index (χ2n) is 7.61. The zero-order valence-electron chi connectivity index (χ0n) is 19.5. The molecule has 1 heterocycles. The number of aliphatic imine (C=N–C) groups is 1. The van der Waals surface area contributed by atoms with Crippen LogP contribution < -0.4 is 15.4 Å².